The molecule has 1 atom stereocenters. The third-order valence-electron chi connectivity index (χ3n) is 3.11. The van der Waals surface area contributed by atoms with E-state index in [1.807, 2.05) is 12.5 Å². The van der Waals surface area contributed by atoms with Gasteiger partial charge >= 0.3 is 0 Å². The van der Waals surface area contributed by atoms with Crippen molar-refractivity contribution < 1.29 is 0 Å². The molecule has 0 bridgehead atoms. The van der Waals surface area contributed by atoms with Crippen LogP contribution in [0.3, 0.4) is 0 Å². The van der Waals surface area contributed by atoms with Crippen LogP contribution in [0.25, 0.3) is 0 Å². The van der Waals surface area contributed by atoms with Crippen molar-refractivity contribution in [3.63, 3.8) is 0 Å². The summed E-state index contributed by atoms with van der Waals surface area (Å²) in [6.45, 7) is 6.79. The molecule has 0 amide bonds. The standard InChI is InChI=1S/C12H21N3/c1-10(2)5-7-15-9-13-8-12(15)11-4-3-6-14-11/h8-11,14H,3-7H2,1-2H3/t11-/m0/s1. The molecule has 3 heteroatoms. The van der Waals surface area contributed by atoms with Crippen molar-refractivity contribution in [2.75, 3.05) is 6.54 Å². The van der Waals surface area contributed by atoms with Crippen molar-refractivity contribution in [2.24, 2.45) is 5.92 Å². The Morgan fingerprint density at radius 1 is 1.60 bits per heavy atom. The minimum atomic E-state index is 0.541. The SMILES string of the molecule is CC(C)CCn1cncc1[C@@H]1CCCN1. The first kappa shape index (κ1) is 10.7. The number of hydrogen-bond acceptors (Lipinski definition) is 2. The highest BCUT2D eigenvalue weighted by Gasteiger charge is 2.19. The minimum Gasteiger partial charge on any atom is -0.333 e. The number of hydrogen-bond donors (Lipinski definition) is 1. The first-order valence-corrected chi connectivity index (χ1v) is 6.01. The summed E-state index contributed by atoms with van der Waals surface area (Å²) in [5.74, 6) is 0.761. The zero-order chi connectivity index (χ0) is 10.7. The molecule has 3 nitrogen and oxygen atoms in total. The van der Waals surface area contributed by atoms with Crippen LogP contribution in [-0.2, 0) is 6.54 Å². The zero-order valence-electron chi connectivity index (χ0n) is 9.74. The van der Waals surface area contributed by atoms with E-state index in [0.29, 0.717) is 6.04 Å². The lowest BCUT2D eigenvalue weighted by atomic mass is 10.1. The maximum atomic E-state index is 4.27. The van der Waals surface area contributed by atoms with Gasteiger partial charge in [-0.3, -0.25) is 0 Å². The molecule has 1 saturated heterocycles. The Labute approximate surface area is 91.9 Å². The largest absolute Gasteiger partial charge is 0.333 e. The molecule has 1 aliphatic heterocycles. The van der Waals surface area contributed by atoms with Gasteiger partial charge in [0.05, 0.1) is 12.0 Å². The molecular weight excluding hydrogens is 186 g/mol. The Balaban J connectivity index is 2.01. The van der Waals surface area contributed by atoms with Crippen LogP contribution in [0.5, 0.6) is 0 Å². The van der Waals surface area contributed by atoms with Crippen molar-refractivity contribution >= 4 is 0 Å². The van der Waals surface area contributed by atoms with Gasteiger partial charge in [-0.05, 0) is 31.7 Å². The van der Waals surface area contributed by atoms with E-state index in [1.54, 1.807) is 0 Å². The fourth-order valence-electron chi connectivity index (χ4n) is 2.14. The Bertz CT molecular complexity index is 298. The summed E-state index contributed by atoms with van der Waals surface area (Å²) in [4.78, 5) is 4.27. The third-order valence-corrected chi connectivity index (χ3v) is 3.11. The summed E-state index contributed by atoms with van der Waals surface area (Å²) in [5.41, 5.74) is 1.37. The average molecular weight is 207 g/mol. The summed E-state index contributed by atoms with van der Waals surface area (Å²) in [5, 5.41) is 3.53. The maximum Gasteiger partial charge on any atom is 0.0948 e. The van der Waals surface area contributed by atoms with Crippen LogP contribution in [0.15, 0.2) is 12.5 Å². The molecule has 2 rings (SSSR count). The van der Waals surface area contributed by atoms with Gasteiger partial charge in [0.15, 0.2) is 0 Å². The molecule has 2 heterocycles. The second kappa shape index (κ2) is 4.79. The average Bonchev–Trinajstić information content (AvgIpc) is 2.85. The second-order valence-corrected chi connectivity index (χ2v) is 4.84. The molecule has 0 aromatic carbocycles. The highest BCUT2D eigenvalue weighted by Crippen LogP contribution is 2.22. The maximum absolute atomic E-state index is 4.27. The summed E-state index contributed by atoms with van der Waals surface area (Å²) in [6, 6.07) is 0.541. The summed E-state index contributed by atoms with van der Waals surface area (Å²) < 4.78 is 2.31. The monoisotopic (exact) mass is 207 g/mol. The molecule has 0 aliphatic carbocycles. The predicted octanol–water partition coefficient (Wildman–Crippen LogP) is 2.35. The van der Waals surface area contributed by atoms with Gasteiger partial charge in [0.2, 0.25) is 0 Å². The molecule has 15 heavy (non-hydrogen) atoms. The second-order valence-electron chi connectivity index (χ2n) is 4.84. The van der Waals surface area contributed by atoms with Crippen molar-refractivity contribution in [3.8, 4) is 0 Å². The fourth-order valence-corrected chi connectivity index (χ4v) is 2.14. The van der Waals surface area contributed by atoms with Gasteiger partial charge < -0.3 is 9.88 Å². The molecule has 0 spiro atoms. The summed E-state index contributed by atoms with van der Waals surface area (Å²) >= 11 is 0. The molecule has 84 valence electrons. The van der Waals surface area contributed by atoms with E-state index < -0.39 is 0 Å². The number of rotatable bonds is 4. The van der Waals surface area contributed by atoms with Gasteiger partial charge in [-0.1, -0.05) is 13.8 Å². The van der Waals surface area contributed by atoms with E-state index in [-0.39, 0.29) is 0 Å². The van der Waals surface area contributed by atoms with Gasteiger partial charge in [-0.2, -0.15) is 0 Å². The number of aryl methyl sites for hydroxylation is 1. The number of imidazole rings is 1. The molecule has 0 unspecified atom stereocenters. The molecule has 1 aromatic heterocycles. The predicted molar refractivity (Wildman–Crippen MR) is 61.7 cm³/mol. The topological polar surface area (TPSA) is 29.9 Å². The Hall–Kier alpha value is -0.830. The normalized spacial score (nSPS) is 21.4. The zero-order valence-corrected chi connectivity index (χ0v) is 9.74. The molecule has 0 saturated carbocycles. The highest BCUT2D eigenvalue weighted by atomic mass is 15.1. The van der Waals surface area contributed by atoms with Crippen molar-refractivity contribution in [1.82, 2.24) is 14.9 Å². The quantitative estimate of drug-likeness (QED) is 0.821. The van der Waals surface area contributed by atoms with E-state index in [9.17, 15) is 0 Å². The molecule has 0 radical (unpaired) electrons. The number of nitrogens with zero attached hydrogens (tertiary/aromatic N) is 2. The van der Waals surface area contributed by atoms with E-state index in [1.165, 1.54) is 25.0 Å². The van der Waals surface area contributed by atoms with Crippen LogP contribution in [0, 0.1) is 5.92 Å². The summed E-state index contributed by atoms with van der Waals surface area (Å²) in [7, 11) is 0. The summed E-state index contributed by atoms with van der Waals surface area (Å²) in [6.07, 6.45) is 7.77. The van der Waals surface area contributed by atoms with E-state index >= 15 is 0 Å². The Morgan fingerprint density at radius 2 is 2.47 bits per heavy atom. The van der Waals surface area contributed by atoms with Gasteiger partial charge in [0.25, 0.3) is 0 Å². The minimum absolute atomic E-state index is 0.541. The van der Waals surface area contributed by atoms with Crippen molar-refractivity contribution in [1.29, 1.82) is 0 Å². The van der Waals surface area contributed by atoms with Crippen LogP contribution in [0.4, 0.5) is 0 Å². The van der Waals surface area contributed by atoms with Crippen LogP contribution in [0.2, 0.25) is 0 Å². The van der Waals surface area contributed by atoms with Gasteiger partial charge in [0, 0.05) is 18.8 Å². The number of aromatic nitrogens is 2. The molecule has 1 aliphatic rings. The van der Waals surface area contributed by atoms with E-state index in [0.717, 1.165) is 19.0 Å². The molecule has 1 aromatic rings. The van der Waals surface area contributed by atoms with Gasteiger partial charge in [0.1, 0.15) is 0 Å². The lowest BCUT2D eigenvalue weighted by Crippen LogP contribution is -2.17. The molecular formula is C12H21N3. The van der Waals surface area contributed by atoms with Crippen molar-refractivity contribution in [3.05, 3.63) is 18.2 Å². The van der Waals surface area contributed by atoms with Gasteiger partial charge in [-0.15, -0.1) is 0 Å². The van der Waals surface area contributed by atoms with E-state index in [2.05, 4.69) is 28.7 Å². The third kappa shape index (κ3) is 2.59. The molecule has 1 fully saturated rings. The Kier molecular flexibility index (Phi) is 3.41. The van der Waals surface area contributed by atoms with Crippen LogP contribution < -0.4 is 5.32 Å². The molecule has 1 N–H and O–H groups in total. The number of nitrogens with one attached hydrogen (secondary N) is 1. The van der Waals surface area contributed by atoms with E-state index in [4.69, 9.17) is 0 Å². The first-order chi connectivity index (χ1) is 7.27. The van der Waals surface area contributed by atoms with Crippen LogP contribution in [-0.4, -0.2) is 16.1 Å². The highest BCUT2D eigenvalue weighted by molar-refractivity contribution is 5.07. The first-order valence-electron chi connectivity index (χ1n) is 6.01. The smallest absolute Gasteiger partial charge is 0.0948 e. The van der Waals surface area contributed by atoms with Crippen LogP contribution in [0.1, 0.15) is 44.8 Å². The lowest BCUT2D eigenvalue weighted by molar-refractivity contribution is 0.487. The Morgan fingerprint density at radius 3 is 3.13 bits per heavy atom. The fraction of sp³-hybridized carbons (Fsp3) is 0.750. The van der Waals surface area contributed by atoms with Crippen molar-refractivity contribution in [2.45, 2.75) is 45.7 Å². The van der Waals surface area contributed by atoms with Gasteiger partial charge in [-0.25, -0.2) is 4.98 Å². The van der Waals surface area contributed by atoms with Crippen LogP contribution >= 0.6 is 0 Å². The lowest BCUT2D eigenvalue weighted by Gasteiger charge is -2.14.